The number of fused-ring (bicyclic) bond motifs is 6. The minimum Gasteiger partial charge on any atom is -0.456 e. The lowest BCUT2D eigenvalue weighted by Crippen LogP contribution is -2.32. The highest BCUT2D eigenvalue weighted by Crippen LogP contribution is 2.46. The molecular weight excluding hydrogens is 402 g/mol. The van der Waals surface area contributed by atoms with Crippen LogP contribution in [-0.4, -0.2) is 4.98 Å². The highest BCUT2D eigenvalue weighted by molar-refractivity contribution is 6.06. The van der Waals surface area contributed by atoms with Crippen LogP contribution in [0.1, 0.15) is 64.0 Å². The zero-order valence-corrected chi connectivity index (χ0v) is 20.2. The first-order chi connectivity index (χ1) is 15.9. The van der Waals surface area contributed by atoms with Gasteiger partial charge in [-0.05, 0) is 109 Å². The van der Waals surface area contributed by atoms with Crippen LogP contribution in [0.2, 0.25) is 0 Å². The number of hydrogen-bond donors (Lipinski definition) is 0. The van der Waals surface area contributed by atoms with Crippen LogP contribution in [0, 0.1) is 23.2 Å². The average molecular weight is 438 g/mol. The summed E-state index contributed by atoms with van der Waals surface area (Å²) in [4.78, 5) is 4.76. The molecule has 170 valence electrons. The van der Waals surface area contributed by atoms with Crippen LogP contribution in [0.5, 0.6) is 0 Å². The summed E-state index contributed by atoms with van der Waals surface area (Å²) in [5.41, 5.74) is 7.26. The summed E-state index contributed by atoms with van der Waals surface area (Å²) in [6.07, 6.45) is 11.6. The molecule has 3 saturated carbocycles. The molecular formula is C31H35NO. The highest BCUT2D eigenvalue weighted by Gasteiger charge is 2.35. The molecule has 0 saturated heterocycles. The van der Waals surface area contributed by atoms with Gasteiger partial charge in [0.05, 0.1) is 5.69 Å². The molecule has 2 heteroatoms. The Bertz CT molecular complexity index is 1300. The van der Waals surface area contributed by atoms with E-state index in [-0.39, 0.29) is 5.41 Å². The fraction of sp³-hybridized carbons (Fsp3) is 0.452. The van der Waals surface area contributed by atoms with Gasteiger partial charge in [0, 0.05) is 22.5 Å². The van der Waals surface area contributed by atoms with Gasteiger partial charge in [-0.25, -0.2) is 0 Å². The Kier molecular flexibility index (Phi) is 5.09. The van der Waals surface area contributed by atoms with Crippen molar-refractivity contribution in [2.45, 2.75) is 65.7 Å². The van der Waals surface area contributed by atoms with Crippen LogP contribution in [0.15, 0.2) is 59.1 Å². The second-order valence-electron chi connectivity index (χ2n) is 11.9. The Labute approximate surface area is 197 Å². The fourth-order valence-electron chi connectivity index (χ4n) is 6.53. The van der Waals surface area contributed by atoms with Crippen LogP contribution < -0.4 is 0 Å². The smallest absolute Gasteiger partial charge is 0.135 e. The van der Waals surface area contributed by atoms with E-state index in [1.165, 1.54) is 66.0 Å². The van der Waals surface area contributed by atoms with Crippen LogP contribution in [0.25, 0.3) is 33.2 Å². The van der Waals surface area contributed by atoms with Crippen LogP contribution in [-0.2, 0) is 12.8 Å². The molecule has 2 nitrogen and oxygen atoms in total. The third-order valence-electron chi connectivity index (χ3n) is 8.08. The summed E-state index contributed by atoms with van der Waals surface area (Å²) in [6.45, 7) is 6.87. The Balaban J connectivity index is 1.32. The van der Waals surface area contributed by atoms with E-state index in [0.717, 1.165) is 41.0 Å². The Morgan fingerprint density at radius 2 is 1.61 bits per heavy atom. The Morgan fingerprint density at radius 1 is 0.848 bits per heavy atom. The van der Waals surface area contributed by atoms with Crippen molar-refractivity contribution in [3.63, 3.8) is 0 Å². The van der Waals surface area contributed by atoms with Crippen molar-refractivity contribution in [1.82, 2.24) is 4.98 Å². The van der Waals surface area contributed by atoms with Gasteiger partial charge in [0.1, 0.15) is 11.2 Å². The van der Waals surface area contributed by atoms with E-state index in [4.69, 9.17) is 9.40 Å². The van der Waals surface area contributed by atoms with Gasteiger partial charge in [-0.15, -0.1) is 0 Å². The van der Waals surface area contributed by atoms with Gasteiger partial charge in [0.25, 0.3) is 0 Å². The summed E-state index contributed by atoms with van der Waals surface area (Å²) in [5, 5.41) is 2.40. The van der Waals surface area contributed by atoms with E-state index < -0.39 is 0 Å². The van der Waals surface area contributed by atoms with Gasteiger partial charge >= 0.3 is 0 Å². The molecule has 0 spiro atoms. The topological polar surface area (TPSA) is 26.0 Å². The molecule has 3 aliphatic carbocycles. The van der Waals surface area contributed by atoms with Crippen molar-refractivity contribution in [1.29, 1.82) is 0 Å². The van der Waals surface area contributed by atoms with E-state index in [0.29, 0.717) is 0 Å². The van der Waals surface area contributed by atoms with Crippen LogP contribution in [0.3, 0.4) is 0 Å². The molecule has 7 rings (SSSR count). The van der Waals surface area contributed by atoms with Crippen LogP contribution in [0.4, 0.5) is 0 Å². The number of furan rings is 1. The normalized spacial score (nSPS) is 22.9. The lowest BCUT2D eigenvalue weighted by Gasteiger charge is -2.42. The molecule has 2 heterocycles. The molecule has 1 atom stereocenters. The van der Waals surface area contributed by atoms with E-state index in [1.54, 1.807) is 0 Å². The quantitative estimate of drug-likeness (QED) is 0.319. The number of nitrogens with zero attached hydrogens (tertiary/aromatic N) is 1. The lowest BCUT2D eigenvalue weighted by molar-refractivity contribution is 0.0991. The maximum absolute atomic E-state index is 6.16. The van der Waals surface area contributed by atoms with E-state index in [2.05, 4.69) is 69.3 Å². The zero-order valence-electron chi connectivity index (χ0n) is 20.2. The zero-order chi connectivity index (χ0) is 22.6. The first-order valence-electron chi connectivity index (χ1n) is 12.8. The van der Waals surface area contributed by atoms with Crippen LogP contribution >= 0.6 is 0 Å². The number of hydrogen-bond acceptors (Lipinski definition) is 2. The van der Waals surface area contributed by atoms with Gasteiger partial charge in [0.2, 0.25) is 0 Å². The van der Waals surface area contributed by atoms with Crippen molar-refractivity contribution >= 4 is 21.9 Å². The second kappa shape index (κ2) is 8.01. The fourth-order valence-corrected chi connectivity index (χ4v) is 6.53. The first kappa shape index (κ1) is 21.0. The summed E-state index contributed by atoms with van der Waals surface area (Å²) in [6, 6.07) is 17.8. The standard InChI is InChI=1S/C31H35NO/c1-31(2,3)19-22-6-10-29-26(16-22)27-18-24(9-11-30(27)33-29)28-17-21(12-13-32-28)15-25-14-20-4-7-23(25)8-5-20/h6,9-13,16-18,20,23,25H,4-5,7-8,14-15,19H2,1-3H3. The van der Waals surface area contributed by atoms with E-state index >= 15 is 0 Å². The molecule has 4 aromatic rings. The maximum Gasteiger partial charge on any atom is 0.135 e. The molecule has 2 bridgehead atoms. The third kappa shape index (κ3) is 4.21. The summed E-state index contributed by atoms with van der Waals surface area (Å²) in [5.74, 6) is 2.80. The van der Waals surface area contributed by atoms with Crippen molar-refractivity contribution < 1.29 is 4.42 Å². The Morgan fingerprint density at radius 3 is 2.33 bits per heavy atom. The minimum atomic E-state index is 0.264. The molecule has 2 aromatic carbocycles. The number of aromatic nitrogens is 1. The number of pyridine rings is 1. The van der Waals surface area contributed by atoms with Crippen molar-refractivity contribution in [2.75, 3.05) is 0 Å². The minimum absolute atomic E-state index is 0.264. The summed E-state index contributed by atoms with van der Waals surface area (Å²) >= 11 is 0. The second-order valence-corrected chi connectivity index (χ2v) is 11.9. The monoisotopic (exact) mass is 437 g/mol. The van der Waals surface area contributed by atoms with E-state index in [1.807, 2.05) is 6.20 Å². The van der Waals surface area contributed by atoms with Gasteiger partial charge in [-0.3, -0.25) is 4.98 Å². The maximum atomic E-state index is 6.16. The molecule has 0 N–H and O–H groups in total. The SMILES string of the molecule is CC(C)(C)Cc1ccc2oc3ccc(-c4cc(CC5CC6CCC5CC6)ccn4)cc3c2c1. The summed E-state index contributed by atoms with van der Waals surface area (Å²) < 4.78 is 6.16. The van der Waals surface area contributed by atoms with Crippen molar-refractivity contribution in [2.24, 2.45) is 23.2 Å². The number of rotatable bonds is 4. The predicted octanol–water partition coefficient (Wildman–Crippen LogP) is 8.61. The van der Waals surface area contributed by atoms with Gasteiger partial charge in [0.15, 0.2) is 0 Å². The molecule has 33 heavy (non-hydrogen) atoms. The number of benzene rings is 2. The van der Waals surface area contributed by atoms with Gasteiger partial charge in [-0.1, -0.05) is 39.7 Å². The molecule has 3 fully saturated rings. The molecule has 2 aromatic heterocycles. The molecule has 0 amide bonds. The Hall–Kier alpha value is -2.61. The van der Waals surface area contributed by atoms with E-state index in [9.17, 15) is 0 Å². The van der Waals surface area contributed by atoms with Gasteiger partial charge in [-0.2, -0.15) is 0 Å². The summed E-state index contributed by atoms with van der Waals surface area (Å²) in [7, 11) is 0. The molecule has 0 aliphatic heterocycles. The van der Waals surface area contributed by atoms with Crippen molar-refractivity contribution in [3.8, 4) is 11.3 Å². The molecule has 1 unspecified atom stereocenters. The first-order valence-corrected chi connectivity index (χ1v) is 12.8. The molecule has 3 aliphatic rings. The molecule has 0 radical (unpaired) electrons. The van der Waals surface area contributed by atoms with Gasteiger partial charge < -0.3 is 4.42 Å². The lowest BCUT2D eigenvalue weighted by atomic mass is 9.63. The highest BCUT2D eigenvalue weighted by atomic mass is 16.3. The largest absolute Gasteiger partial charge is 0.456 e. The van der Waals surface area contributed by atoms with Crippen molar-refractivity contribution in [3.05, 3.63) is 65.9 Å². The average Bonchev–Trinajstić information content (AvgIpc) is 3.16. The third-order valence-corrected chi connectivity index (χ3v) is 8.08. The predicted molar refractivity (Wildman–Crippen MR) is 137 cm³/mol.